The van der Waals surface area contributed by atoms with E-state index in [1.165, 1.54) is 32.5 Å². The van der Waals surface area contributed by atoms with E-state index in [0.29, 0.717) is 11.6 Å². The zero-order chi connectivity index (χ0) is 14.9. The van der Waals surface area contributed by atoms with E-state index < -0.39 is 0 Å². The van der Waals surface area contributed by atoms with Crippen molar-refractivity contribution in [2.24, 2.45) is 11.8 Å². The van der Waals surface area contributed by atoms with Crippen molar-refractivity contribution in [1.29, 1.82) is 0 Å². The summed E-state index contributed by atoms with van der Waals surface area (Å²) in [7, 11) is 2.26. The third-order valence-corrected chi connectivity index (χ3v) is 5.73. The summed E-state index contributed by atoms with van der Waals surface area (Å²) in [6.45, 7) is 16.8. The van der Waals surface area contributed by atoms with Gasteiger partial charge in [0.25, 0.3) is 0 Å². The van der Waals surface area contributed by atoms with Crippen molar-refractivity contribution in [3.63, 3.8) is 0 Å². The van der Waals surface area contributed by atoms with Crippen LogP contribution in [-0.2, 0) is 0 Å². The topological polar surface area (TPSA) is 18.5 Å². The van der Waals surface area contributed by atoms with Crippen LogP contribution in [0.3, 0.4) is 0 Å². The van der Waals surface area contributed by atoms with E-state index in [1.807, 2.05) is 0 Å². The summed E-state index contributed by atoms with van der Waals surface area (Å²) in [5.74, 6) is 1.52. The molecule has 3 heteroatoms. The number of piperidine rings is 1. The highest BCUT2D eigenvalue weighted by atomic mass is 15.3. The quantitative estimate of drug-likeness (QED) is 0.857. The van der Waals surface area contributed by atoms with Crippen LogP contribution in [0.15, 0.2) is 0 Å². The Morgan fingerprint density at radius 1 is 1.35 bits per heavy atom. The molecule has 2 aliphatic heterocycles. The summed E-state index contributed by atoms with van der Waals surface area (Å²) in [5.41, 5.74) is 0.300. The van der Waals surface area contributed by atoms with Crippen LogP contribution in [0, 0.1) is 11.8 Å². The summed E-state index contributed by atoms with van der Waals surface area (Å²) >= 11 is 0. The number of nitrogens with one attached hydrogen (secondary N) is 1. The van der Waals surface area contributed by atoms with Gasteiger partial charge < -0.3 is 10.2 Å². The number of likely N-dealkylation sites (tertiary alicyclic amines) is 1. The molecule has 0 radical (unpaired) electrons. The highest BCUT2D eigenvalue weighted by molar-refractivity contribution is 4.99. The first kappa shape index (κ1) is 16.3. The SMILES string of the molecule is CCC1(C)CN(C2CCN(C)CC2C)C(C(C)C)CN1. The van der Waals surface area contributed by atoms with Crippen LogP contribution in [0.5, 0.6) is 0 Å². The summed E-state index contributed by atoms with van der Waals surface area (Å²) in [6, 6.07) is 1.47. The fourth-order valence-electron chi connectivity index (χ4n) is 4.10. The van der Waals surface area contributed by atoms with Gasteiger partial charge in [0, 0.05) is 37.3 Å². The molecule has 0 spiro atoms. The second-order valence-electron chi connectivity index (χ2n) is 7.87. The first-order valence-electron chi connectivity index (χ1n) is 8.55. The second kappa shape index (κ2) is 6.33. The largest absolute Gasteiger partial charge is 0.309 e. The average molecular weight is 281 g/mol. The van der Waals surface area contributed by atoms with Crippen molar-refractivity contribution in [2.75, 3.05) is 33.2 Å². The van der Waals surface area contributed by atoms with E-state index >= 15 is 0 Å². The van der Waals surface area contributed by atoms with Crippen LogP contribution in [-0.4, -0.2) is 60.6 Å². The van der Waals surface area contributed by atoms with Gasteiger partial charge in [-0.1, -0.05) is 27.7 Å². The highest BCUT2D eigenvalue weighted by Crippen LogP contribution is 2.30. The minimum absolute atomic E-state index is 0.300. The van der Waals surface area contributed by atoms with Gasteiger partial charge in [-0.15, -0.1) is 0 Å². The summed E-state index contributed by atoms with van der Waals surface area (Å²) in [4.78, 5) is 5.36. The lowest BCUT2D eigenvalue weighted by Crippen LogP contribution is -2.67. The van der Waals surface area contributed by atoms with Gasteiger partial charge in [-0.2, -0.15) is 0 Å². The minimum Gasteiger partial charge on any atom is -0.309 e. The number of hydrogen-bond acceptors (Lipinski definition) is 3. The molecule has 0 bridgehead atoms. The van der Waals surface area contributed by atoms with Crippen molar-refractivity contribution < 1.29 is 0 Å². The molecule has 0 saturated carbocycles. The Kier molecular flexibility index (Phi) is 5.14. The lowest BCUT2D eigenvalue weighted by molar-refractivity contribution is -0.0182. The molecule has 2 saturated heterocycles. The van der Waals surface area contributed by atoms with Crippen LogP contribution in [0.1, 0.15) is 47.5 Å². The third kappa shape index (κ3) is 3.37. The molecule has 2 aliphatic rings. The van der Waals surface area contributed by atoms with Crippen molar-refractivity contribution >= 4 is 0 Å². The molecule has 2 rings (SSSR count). The summed E-state index contributed by atoms with van der Waals surface area (Å²) in [5, 5.41) is 3.82. The molecule has 1 N–H and O–H groups in total. The zero-order valence-electron chi connectivity index (χ0n) is 14.4. The molecule has 0 aromatic heterocycles. The summed E-state index contributed by atoms with van der Waals surface area (Å²) < 4.78 is 0. The lowest BCUT2D eigenvalue weighted by atomic mass is 9.84. The zero-order valence-corrected chi connectivity index (χ0v) is 14.4. The number of hydrogen-bond donors (Lipinski definition) is 1. The van der Waals surface area contributed by atoms with Crippen molar-refractivity contribution in [3.8, 4) is 0 Å². The molecule has 4 atom stereocenters. The Balaban J connectivity index is 2.14. The van der Waals surface area contributed by atoms with Gasteiger partial charge in [0.05, 0.1) is 0 Å². The Bertz CT molecular complexity index is 317. The van der Waals surface area contributed by atoms with E-state index in [2.05, 4.69) is 56.8 Å². The van der Waals surface area contributed by atoms with Crippen LogP contribution >= 0.6 is 0 Å². The Morgan fingerprint density at radius 2 is 2.05 bits per heavy atom. The maximum absolute atomic E-state index is 3.82. The Morgan fingerprint density at radius 3 is 2.60 bits per heavy atom. The van der Waals surface area contributed by atoms with Crippen molar-refractivity contribution in [2.45, 2.75) is 65.1 Å². The van der Waals surface area contributed by atoms with E-state index in [9.17, 15) is 0 Å². The molecule has 2 fully saturated rings. The van der Waals surface area contributed by atoms with Gasteiger partial charge in [-0.3, -0.25) is 4.90 Å². The third-order valence-electron chi connectivity index (χ3n) is 5.73. The Hall–Kier alpha value is -0.120. The number of piperazine rings is 1. The molecular weight excluding hydrogens is 246 g/mol. The highest BCUT2D eigenvalue weighted by Gasteiger charge is 2.41. The smallest absolute Gasteiger partial charge is 0.0278 e. The maximum Gasteiger partial charge on any atom is 0.0278 e. The molecular formula is C17H35N3. The summed E-state index contributed by atoms with van der Waals surface area (Å²) in [6.07, 6.45) is 2.55. The molecule has 2 heterocycles. The van der Waals surface area contributed by atoms with Crippen LogP contribution in [0.2, 0.25) is 0 Å². The van der Waals surface area contributed by atoms with Crippen LogP contribution < -0.4 is 5.32 Å². The predicted molar refractivity (Wildman–Crippen MR) is 87.1 cm³/mol. The fraction of sp³-hybridized carbons (Fsp3) is 1.00. The van der Waals surface area contributed by atoms with Gasteiger partial charge in [-0.05, 0) is 45.2 Å². The molecule has 118 valence electrons. The predicted octanol–water partition coefficient (Wildman–Crippen LogP) is 2.43. The molecule has 20 heavy (non-hydrogen) atoms. The van der Waals surface area contributed by atoms with Crippen LogP contribution in [0.25, 0.3) is 0 Å². The van der Waals surface area contributed by atoms with Gasteiger partial charge in [0.1, 0.15) is 0 Å². The maximum atomic E-state index is 3.82. The molecule has 3 nitrogen and oxygen atoms in total. The van der Waals surface area contributed by atoms with Gasteiger partial charge in [0.15, 0.2) is 0 Å². The fourth-order valence-corrected chi connectivity index (χ4v) is 4.10. The molecule has 4 unspecified atom stereocenters. The Labute approximate surface area is 126 Å². The monoisotopic (exact) mass is 281 g/mol. The first-order valence-corrected chi connectivity index (χ1v) is 8.55. The number of rotatable bonds is 3. The number of nitrogens with zero attached hydrogens (tertiary/aromatic N) is 2. The van der Waals surface area contributed by atoms with Crippen molar-refractivity contribution in [1.82, 2.24) is 15.1 Å². The van der Waals surface area contributed by atoms with Gasteiger partial charge >= 0.3 is 0 Å². The first-order chi connectivity index (χ1) is 9.36. The van der Waals surface area contributed by atoms with E-state index in [0.717, 1.165) is 24.4 Å². The second-order valence-corrected chi connectivity index (χ2v) is 7.87. The molecule has 0 aliphatic carbocycles. The molecule has 0 aromatic carbocycles. The van der Waals surface area contributed by atoms with E-state index in [-0.39, 0.29) is 0 Å². The van der Waals surface area contributed by atoms with Gasteiger partial charge in [-0.25, -0.2) is 0 Å². The molecule has 0 amide bonds. The van der Waals surface area contributed by atoms with E-state index in [4.69, 9.17) is 0 Å². The minimum atomic E-state index is 0.300. The standard InChI is InChI=1S/C17H35N3/c1-7-17(5)12-20(16(10-18-17)13(2)3)15-8-9-19(6)11-14(15)4/h13-16,18H,7-12H2,1-6H3. The van der Waals surface area contributed by atoms with Gasteiger partial charge in [0.2, 0.25) is 0 Å². The average Bonchev–Trinajstić information content (AvgIpc) is 2.38. The normalized spacial score (nSPS) is 41.2. The van der Waals surface area contributed by atoms with Crippen LogP contribution in [0.4, 0.5) is 0 Å². The van der Waals surface area contributed by atoms with Crippen molar-refractivity contribution in [3.05, 3.63) is 0 Å². The molecule has 0 aromatic rings. The lowest BCUT2D eigenvalue weighted by Gasteiger charge is -2.53. The van der Waals surface area contributed by atoms with E-state index in [1.54, 1.807) is 0 Å².